The zero-order chi connectivity index (χ0) is 21.8. The molecule has 1 amide bonds. The van der Waals surface area contributed by atoms with Gasteiger partial charge in [-0.1, -0.05) is 17.8 Å². The fourth-order valence-electron chi connectivity index (χ4n) is 4.42. The van der Waals surface area contributed by atoms with Crippen molar-refractivity contribution in [2.24, 2.45) is 0 Å². The molecule has 1 aliphatic heterocycles. The van der Waals surface area contributed by atoms with E-state index in [9.17, 15) is 10.1 Å². The zero-order valence-electron chi connectivity index (χ0n) is 17.9. The Morgan fingerprint density at radius 2 is 2.19 bits per heavy atom. The first-order valence-corrected chi connectivity index (χ1v) is 11.8. The number of rotatable bonds is 8. The van der Waals surface area contributed by atoms with Crippen molar-refractivity contribution in [2.45, 2.75) is 69.8 Å². The number of nitrogens with zero attached hydrogens (tertiary/aromatic N) is 5. The van der Waals surface area contributed by atoms with E-state index in [2.05, 4.69) is 32.7 Å². The van der Waals surface area contributed by atoms with E-state index in [-0.39, 0.29) is 17.8 Å². The maximum Gasteiger partial charge on any atom is 0.235 e. The molecule has 9 heteroatoms. The number of nitriles is 1. The van der Waals surface area contributed by atoms with E-state index in [1.807, 2.05) is 11.5 Å². The maximum absolute atomic E-state index is 12.9. The highest BCUT2D eigenvalue weighted by Crippen LogP contribution is 2.34. The lowest BCUT2D eigenvalue weighted by Gasteiger charge is -2.19. The number of ether oxygens (including phenoxy) is 1. The molecule has 2 aromatic heterocycles. The number of carbonyl (C=O) groups is 1. The molecular weight excluding hydrogens is 412 g/mol. The molecule has 0 radical (unpaired) electrons. The Balaban J connectivity index is 1.54. The molecule has 1 N–H and O–H groups in total. The summed E-state index contributed by atoms with van der Waals surface area (Å²) in [7, 11) is 0. The molecule has 0 saturated carbocycles. The Morgan fingerprint density at radius 3 is 2.94 bits per heavy atom. The second kappa shape index (κ2) is 9.71. The number of allylic oxidation sites excluding steroid dienone is 1. The van der Waals surface area contributed by atoms with E-state index in [1.165, 1.54) is 17.5 Å². The molecule has 164 valence electrons. The van der Waals surface area contributed by atoms with Crippen LogP contribution in [0.2, 0.25) is 0 Å². The van der Waals surface area contributed by atoms with E-state index >= 15 is 0 Å². The first-order valence-electron chi connectivity index (χ1n) is 10.8. The van der Waals surface area contributed by atoms with Gasteiger partial charge >= 0.3 is 0 Å². The van der Waals surface area contributed by atoms with Crippen molar-refractivity contribution in [2.75, 3.05) is 17.7 Å². The highest BCUT2D eigenvalue weighted by Gasteiger charge is 2.28. The summed E-state index contributed by atoms with van der Waals surface area (Å²) in [5.41, 5.74) is 2.88. The molecule has 2 aliphatic rings. The summed E-state index contributed by atoms with van der Waals surface area (Å²) in [5, 5.41) is 21.9. The van der Waals surface area contributed by atoms with Gasteiger partial charge in [0, 0.05) is 18.8 Å². The molecule has 8 nitrogen and oxygen atoms in total. The third-order valence-corrected chi connectivity index (χ3v) is 6.87. The van der Waals surface area contributed by atoms with Gasteiger partial charge in [0.15, 0.2) is 5.16 Å². The molecule has 1 fully saturated rings. The molecule has 3 heterocycles. The van der Waals surface area contributed by atoms with Crippen LogP contribution in [0.4, 0.5) is 5.82 Å². The van der Waals surface area contributed by atoms with Crippen LogP contribution in [0.15, 0.2) is 17.8 Å². The largest absolute Gasteiger partial charge is 0.376 e. The molecular formula is C22H28N6O2S. The lowest BCUT2D eigenvalue weighted by atomic mass is 9.95. The standard InChI is InChI=1S/C22H28N6O2S/c1-3-10-27-15(2)25-26-22(27)31-14-20(29)24-21-18(12-23)17-8-4-5-9-19(17)28(21)13-16-7-6-11-30-16/h3,16H,1,4-11,13-14H2,2H3,(H,24,29). The molecule has 1 atom stereocenters. The molecule has 0 spiro atoms. The van der Waals surface area contributed by atoms with Gasteiger partial charge < -0.3 is 19.2 Å². The summed E-state index contributed by atoms with van der Waals surface area (Å²) in [5.74, 6) is 1.44. The highest BCUT2D eigenvalue weighted by molar-refractivity contribution is 7.99. The smallest absolute Gasteiger partial charge is 0.235 e. The van der Waals surface area contributed by atoms with Crippen molar-refractivity contribution in [3.05, 3.63) is 35.3 Å². The SMILES string of the molecule is C=CCn1c(C)nnc1SCC(=O)Nc1c(C#N)c2c(n1CC1CCCO1)CCCC2. The van der Waals surface area contributed by atoms with E-state index in [0.717, 1.165) is 56.5 Å². The lowest BCUT2D eigenvalue weighted by molar-refractivity contribution is -0.113. The topological polar surface area (TPSA) is 97.8 Å². The Hall–Kier alpha value is -2.57. The van der Waals surface area contributed by atoms with Crippen LogP contribution >= 0.6 is 11.8 Å². The van der Waals surface area contributed by atoms with E-state index in [4.69, 9.17) is 4.74 Å². The van der Waals surface area contributed by atoms with Gasteiger partial charge in [-0.25, -0.2) is 0 Å². The Kier molecular flexibility index (Phi) is 6.78. The Bertz CT molecular complexity index is 1010. The number of aryl methyl sites for hydroxylation is 1. The highest BCUT2D eigenvalue weighted by atomic mass is 32.2. The second-order valence-corrected chi connectivity index (χ2v) is 8.92. The number of thioether (sulfide) groups is 1. The number of hydrogen-bond donors (Lipinski definition) is 1. The van der Waals surface area contributed by atoms with Crippen LogP contribution in [0.25, 0.3) is 0 Å². The fourth-order valence-corrected chi connectivity index (χ4v) is 5.21. The summed E-state index contributed by atoms with van der Waals surface area (Å²) in [6, 6.07) is 2.36. The minimum Gasteiger partial charge on any atom is -0.376 e. The van der Waals surface area contributed by atoms with Crippen molar-refractivity contribution < 1.29 is 9.53 Å². The predicted octanol–water partition coefficient (Wildman–Crippen LogP) is 3.23. The molecule has 1 aliphatic carbocycles. The first kappa shape index (κ1) is 21.7. The number of anilines is 1. The van der Waals surface area contributed by atoms with Crippen molar-refractivity contribution in [1.29, 1.82) is 5.26 Å². The summed E-state index contributed by atoms with van der Waals surface area (Å²) in [6.45, 7) is 7.70. The van der Waals surface area contributed by atoms with Crippen LogP contribution in [-0.4, -0.2) is 43.7 Å². The molecule has 2 aromatic rings. The Morgan fingerprint density at radius 1 is 1.35 bits per heavy atom. The number of carbonyl (C=O) groups excluding carboxylic acids is 1. The third-order valence-electron chi connectivity index (χ3n) is 5.90. The average Bonchev–Trinajstić information content (AvgIpc) is 3.48. The van der Waals surface area contributed by atoms with Crippen LogP contribution in [-0.2, 0) is 35.5 Å². The molecule has 0 bridgehead atoms. The quantitative estimate of drug-likeness (QED) is 0.500. The van der Waals surface area contributed by atoms with Crippen molar-refractivity contribution >= 4 is 23.5 Å². The van der Waals surface area contributed by atoms with Gasteiger partial charge in [0.25, 0.3) is 0 Å². The van der Waals surface area contributed by atoms with Crippen LogP contribution < -0.4 is 5.32 Å². The molecule has 0 aromatic carbocycles. The maximum atomic E-state index is 12.9. The summed E-state index contributed by atoms with van der Waals surface area (Å²) < 4.78 is 9.90. The van der Waals surface area contributed by atoms with Gasteiger partial charge in [-0.05, 0) is 51.0 Å². The van der Waals surface area contributed by atoms with Gasteiger partial charge in [0.1, 0.15) is 17.7 Å². The van der Waals surface area contributed by atoms with Crippen LogP contribution in [0.3, 0.4) is 0 Å². The molecule has 1 saturated heterocycles. The Labute approximate surface area is 186 Å². The summed E-state index contributed by atoms with van der Waals surface area (Å²) in [6.07, 6.45) is 7.99. The zero-order valence-corrected chi connectivity index (χ0v) is 18.7. The van der Waals surface area contributed by atoms with Gasteiger partial charge in [-0.3, -0.25) is 4.79 Å². The van der Waals surface area contributed by atoms with Gasteiger partial charge in [0.05, 0.1) is 24.0 Å². The van der Waals surface area contributed by atoms with E-state index in [0.29, 0.717) is 29.6 Å². The number of aromatic nitrogens is 4. The minimum atomic E-state index is -0.157. The first-order chi connectivity index (χ1) is 15.1. The predicted molar refractivity (Wildman–Crippen MR) is 119 cm³/mol. The number of hydrogen-bond acceptors (Lipinski definition) is 6. The van der Waals surface area contributed by atoms with Gasteiger partial charge in [-0.15, -0.1) is 16.8 Å². The van der Waals surface area contributed by atoms with Gasteiger partial charge in [-0.2, -0.15) is 5.26 Å². The van der Waals surface area contributed by atoms with Crippen LogP contribution in [0.1, 0.15) is 48.3 Å². The molecule has 31 heavy (non-hydrogen) atoms. The number of amides is 1. The van der Waals surface area contributed by atoms with Crippen molar-refractivity contribution in [3.8, 4) is 6.07 Å². The van der Waals surface area contributed by atoms with Crippen LogP contribution in [0, 0.1) is 18.3 Å². The lowest BCUT2D eigenvalue weighted by Crippen LogP contribution is -2.23. The van der Waals surface area contributed by atoms with E-state index in [1.54, 1.807) is 6.08 Å². The summed E-state index contributed by atoms with van der Waals surface area (Å²) >= 11 is 1.33. The third kappa shape index (κ3) is 4.55. The molecule has 4 rings (SSSR count). The monoisotopic (exact) mass is 440 g/mol. The van der Waals surface area contributed by atoms with Crippen molar-refractivity contribution in [3.63, 3.8) is 0 Å². The minimum absolute atomic E-state index is 0.135. The van der Waals surface area contributed by atoms with Gasteiger partial charge in [0.2, 0.25) is 5.91 Å². The second-order valence-electron chi connectivity index (χ2n) is 7.98. The van der Waals surface area contributed by atoms with Crippen LogP contribution in [0.5, 0.6) is 0 Å². The molecule has 1 unspecified atom stereocenters. The van der Waals surface area contributed by atoms with E-state index < -0.39 is 0 Å². The normalized spacial score (nSPS) is 17.9. The fraction of sp³-hybridized carbons (Fsp3) is 0.545. The number of fused-ring (bicyclic) bond motifs is 1. The number of nitrogens with one attached hydrogen (secondary N) is 1. The summed E-state index contributed by atoms with van der Waals surface area (Å²) in [4.78, 5) is 12.9. The average molecular weight is 441 g/mol. The van der Waals surface area contributed by atoms with Crippen molar-refractivity contribution in [1.82, 2.24) is 19.3 Å².